The highest BCUT2D eigenvalue weighted by Gasteiger charge is 2.49. The predicted octanol–water partition coefficient (Wildman–Crippen LogP) is 0.701. The minimum absolute atomic E-state index is 0.0405. The quantitative estimate of drug-likeness (QED) is 0.356. The van der Waals surface area contributed by atoms with Crippen molar-refractivity contribution >= 4 is 29.5 Å². The van der Waals surface area contributed by atoms with Gasteiger partial charge in [0.1, 0.15) is 5.82 Å². The van der Waals surface area contributed by atoms with Crippen molar-refractivity contribution in [2.75, 3.05) is 43.8 Å². The van der Waals surface area contributed by atoms with Gasteiger partial charge in [-0.1, -0.05) is 12.1 Å². The number of nitrogens with one attached hydrogen (secondary N) is 2. The molecule has 7 N–H and O–H groups in total. The summed E-state index contributed by atoms with van der Waals surface area (Å²) < 4.78 is 0. The molecule has 0 spiro atoms. The van der Waals surface area contributed by atoms with Crippen LogP contribution in [0.5, 0.6) is 0 Å². The lowest BCUT2D eigenvalue weighted by atomic mass is 9.82. The van der Waals surface area contributed by atoms with E-state index < -0.39 is 11.9 Å². The smallest absolute Gasteiger partial charge is 0.300 e. The van der Waals surface area contributed by atoms with Gasteiger partial charge >= 0.3 is 0 Å². The molecule has 3 heterocycles. The molecule has 2 aliphatic heterocycles. The highest BCUT2D eigenvalue weighted by atomic mass is 16.4. The number of rotatable bonds is 5. The topological polar surface area (TPSA) is 187 Å². The molecule has 0 amide bonds. The molecular formula is C22H33N7O5. The number of aryl methyl sites for hydroxylation is 1. The summed E-state index contributed by atoms with van der Waals surface area (Å²) in [7, 11) is 0. The van der Waals surface area contributed by atoms with Crippen molar-refractivity contribution in [2.45, 2.75) is 27.3 Å². The summed E-state index contributed by atoms with van der Waals surface area (Å²) in [6, 6.07) is 8.01. The molecule has 4 rings (SSSR count). The van der Waals surface area contributed by atoms with Gasteiger partial charge in [-0.3, -0.25) is 14.5 Å². The van der Waals surface area contributed by atoms with Crippen molar-refractivity contribution in [3.8, 4) is 0 Å². The van der Waals surface area contributed by atoms with E-state index in [0.29, 0.717) is 24.2 Å². The molecule has 1 aromatic heterocycles. The van der Waals surface area contributed by atoms with Crippen molar-refractivity contribution in [2.24, 2.45) is 11.3 Å². The molecule has 0 bridgehead atoms. The molecule has 2 saturated heterocycles. The number of aliphatic hydroxyl groups is 1. The number of anilines is 3. The van der Waals surface area contributed by atoms with Gasteiger partial charge in [0.05, 0.1) is 13.2 Å². The van der Waals surface area contributed by atoms with Crippen LogP contribution in [0.2, 0.25) is 0 Å². The first kappa shape index (κ1) is 26.9. The van der Waals surface area contributed by atoms with Crippen molar-refractivity contribution in [1.29, 1.82) is 0 Å². The Morgan fingerprint density at radius 3 is 2.50 bits per heavy atom. The van der Waals surface area contributed by atoms with Crippen molar-refractivity contribution in [1.82, 2.24) is 25.2 Å². The van der Waals surface area contributed by atoms with Crippen LogP contribution < -0.4 is 16.4 Å². The highest BCUT2D eigenvalue weighted by molar-refractivity contribution is 5.63. The van der Waals surface area contributed by atoms with Gasteiger partial charge in [0, 0.05) is 44.6 Å². The van der Waals surface area contributed by atoms with Crippen LogP contribution in [-0.4, -0.2) is 79.9 Å². The number of carboxylic acid groups (broad SMARTS) is 2. The van der Waals surface area contributed by atoms with E-state index in [-0.39, 0.29) is 18.0 Å². The first-order chi connectivity index (χ1) is 16.0. The summed E-state index contributed by atoms with van der Waals surface area (Å²) in [6.07, 6.45) is 0. The molecule has 1 aromatic carbocycles. The Kier molecular flexibility index (Phi) is 9.66. The number of likely N-dealkylation sites (tertiary alicyclic amines) is 1. The molecule has 34 heavy (non-hydrogen) atoms. The van der Waals surface area contributed by atoms with Crippen LogP contribution in [0.1, 0.15) is 25.2 Å². The van der Waals surface area contributed by atoms with E-state index in [0.717, 1.165) is 51.3 Å². The largest absolute Gasteiger partial charge is 0.481 e. The van der Waals surface area contributed by atoms with Crippen LogP contribution in [0.25, 0.3) is 0 Å². The van der Waals surface area contributed by atoms with E-state index in [1.165, 1.54) is 0 Å². The minimum Gasteiger partial charge on any atom is -0.481 e. The number of aliphatic carboxylic acids is 2. The second-order valence-corrected chi connectivity index (χ2v) is 8.48. The lowest BCUT2D eigenvalue weighted by Gasteiger charge is -2.25. The van der Waals surface area contributed by atoms with Crippen LogP contribution in [0, 0.1) is 18.3 Å². The maximum atomic E-state index is 9.85. The Labute approximate surface area is 198 Å². The van der Waals surface area contributed by atoms with Gasteiger partial charge in [0.15, 0.2) is 0 Å². The van der Waals surface area contributed by atoms with Gasteiger partial charge in [-0.15, -0.1) is 0 Å². The monoisotopic (exact) mass is 475 g/mol. The van der Waals surface area contributed by atoms with Gasteiger partial charge in [0.2, 0.25) is 11.9 Å². The van der Waals surface area contributed by atoms with Crippen LogP contribution in [0.3, 0.4) is 0 Å². The Balaban J connectivity index is 0.000000446. The fourth-order valence-electron chi connectivity index (χ4n) is 4.09. The van der Waals surface area contributed by atoms with Crippen LogP contribution in [0.15, 0.2) is 24.3 Å². The SMILES string of the molecule is CC(=O)O.CC(=O)O.Cc1cccc(Nc2nc(N)nc(CN3CC4CNCC4(CO)C3)n2)c1. The van der Waals surface area contributed by atoms with Gasteiger partial charge < -0.3 is 31.7 Å². The van der Waals surface area contributed by atoms with Gasteiger partial charge in [-0.05, 0) is 37.1 Å². The van der Waals surface area contributed by atoms with E-state index in [9.17, 15) is 5.11 Å². The van der Waals surface area contributed by atoms with Crippen molar-refractivity contribution < 1.29 is 24.9 Å². The van der Waals surface area contributed by atoms with Gasteiger partial charge in [0.25, 0.3) is 11.9 Å². The summed E-state index contributed by atoms with van der Waals surface area (Å²) in [5.41, 5.74) is 7.93. The number of carboxylic acids is 2. The second-order valence-electron chi connectivity index (χ2n) is 8.48. The molecule has 2 aromatic rings. The zero-order chi connectivity index (χ0) is 25.3. The van der Waals surface area contributed by atoms with E-state index in [1.54, 1.807) is 0 Å². The van der Waals surface area contributed by atoms with Crippen molar-refractivity contribution in [3.63, 3.8) is 0 Å². The van der Waals surface area contributed by atoms with Gasteiger partial charge in [-0.2, -0.15) is 15.0 Å². The van der Waals surface area contributed by atoms with E-state index in [1.807, 2.05) is 31.2 Å². The molecule has 0 saturated carbocycles. The summed E-state index contributed by atoms with van der Waals surface area (Å²) >= 11 is 0. The molecule has 0 radical (unpaired) electrons. The Bertz CT molecular complexity index is 970. The van der Waals surface area contributed by atoms with Crippen LogP contribution in [-0.2, 0) is 16.1 Å². The van der Waals surface area contributed by atoms with Crippen molar-refractivity contribution in [3.05, 3.63) is 35.7 Å². The summed E-state index contributed by atoms with van der Waals surface area (Å²) in [6.45, 7) is 8.61. The fourth-order valence-corrected chi connectivity index (χ4v) is 4.09. The minimum atomic E-state index is -0.833. The Morgan fingerprint density at radius 1 is 1.24 bits per heavy atom. The first-order valence-corrected chi connectivity index (χ1v) is 10.8. The van der Waals surface area contributed by atoms with E-state index in [4.69, 9.17) is 25.5 Å². The molecule has 2 fully saturated rings. The third-order valence-corrected chi connectivity index (χ3v) is 5.40. The maximum absolute atomic E-state index is 9.85. The average molecular weight is 476 g/mol. The Hall–Kier alpha value is -3.35. The number of fused-ring (bicyclic) bond motifs is 1. The third kappa shape index (κ3) is 8.21. The number of benzene rings is 1. The molecule has 12 heteroatoms. The molecule has 186 valence electrons. The van der Waals surface area contributed by atoms with Gasteiger partial charge in [-0.25, -0.2) is 0 Å². The molecule has 0 aliphatic carbocycles. The predicted molar refractivity (Wildman–Crippen MR) is 126 cm³/mol. The summed E-state index contributed by atoms with van der Waals surface area (Å²) in [5, 5.41) is 31.3. The first-order valence-electron chi connectivity index (χ1n) is 10.8. The number of nitrogens with two attached hydrogens (primary N) is 1. The average Bonchev–Trinajstić information content (AvgIpc) is 3.23. The lowest BCUT2D eigenvalue weighted by molar-refractivity contribution is -0.135. The number of hydrogen-bond donors (Lipinski definition) is 6. The number of nitrogens with zero attached hydrogens (tertiary/aromatic N) is 4. The number of hydrogen-bond acceptors (Lipinski definition) is 10. The summed E-state index contributed by atoms with van der Waals surface area (Å²) in [5.74, 6) is 0.115. The van der Waals surface area contributed by atoms with E-state index in [2.05, 4.69) is 30.5 Å². The molecule has 2 atom stereocenters. The number of aliphatic hydroxyl groups excluding tert-OH is 1. The second kappa shape index (κ2) is 12.2. The molecule has 12 nitrogen and oxygen atoms in total. The number of carbonyl (C=O) groups is 2. The van der Waals surface area contributed by atoms with Crippen LogP contribution >= 0.6 is 0 Å². The number of nitrogen functional groups attached to an aromatic ring is 1. The fraction of sp³-hybridized carbons (Fsp3) is 0.500. The third-order valence-electron chi connectivity index (χ3n) is 5.40. The molecule has 2 aliphatic rings. The van der Waals surface area contributed by atoms with Crippen LogP contribution in [0.4, 0.5) is 17.6 Å². The highest BCUT2D eigenvalue weighted by Crippen LogP contribution is 2.38. The Morgan fingerprint density at radius 2 is 1.91 bits per heavy atom. The zero-order valence-electron chi connectivity index (χ0n) is 19.7. The standard InChI is InChI=1S/C18H25N7O.2C2H4O2/c1-12-3-2-4-14(5-12)21-17-23-15(22-16(19)24-17)8-25-7-13-6-20-9-18(13,10-25)11-26;2*1-2(3)4/h2-5,13,20,26H,6-11H2,1H3,(H3,19,21,22,23,24);2*1H3,(H,3,4). The molecule has 2 unspecified atom stereocenters. The lowest BCUT2D eigenvalue weighted by Crippen LogP contribution is -2.36. The maximum Gasteiger partial charge on any atom is 0.300 e. The summed E-state index contributed by atoms with van der Waals surface area (Å²) in [4.78, 5) is 33.3. The zero-order valence-corrected chi connectivity index (χ0v) is 19.7. The molecular weight excluding hydrogens is 442 g/mol. The van der Waals surface area contributed by atoms with E-state index >= 15 is 0 Å². The normalized spacial score (nSPS) is 20.9. The number of aromatic nitrogens is 3.